The molecule has 1 atom stereocenters. The predicted octanol–water partition coefficient (Wildman–Crippen LogP) is 4.51. The largest absolute Gasteiger partial charge is 0.489 e. The monoisotopic (exact) mass is 365 g/mol. The van der Waals surface area contributed by atoms with Crippen LogP contribution in [0.15, 0.2) is 35.0 Å². The van der Waals surface area contributed by atoms with Gasteiger partial charge in [0.05, 0.1) is 10.6 Å². The minimum Gasteiger partial charge on any atom is -0.489 e. The average molecular weight is 366 g/mol. The first-order valence-corrected chi connectivity index (χ1v) is 9.71. The molecule has 5 heteroatoms. The summed E-state index contributed by atoms with van der Waals surface area (Å²) in [5.74, 6) is 0.657. The highest BCUT2D eigenvalue weighted by molar-refractivity contribution is 7.07. The van der Waals surface area contributed by atoms with Gasteiger partial charge in [-0.15, -0.1) is 0 Å². The first kappa shape index (κ1) is 17.7. The normalized spacial score (nSPS) is 22.3. The van der Waals surface area contributed by atoms with Crippen LogP contribution in [0.1, 0.15) is 30.4 Å². The second-order valence-electron chi connectivity index (χ2n) is 6.71. The Hall–Kier alpha value is -1.07. The van der Waals surface area contributed by atoms with Crippen LogP contribution in [0.3, 0.4) is 0 Å². The Balaban J connectivity index is 1.56. The van der Waals surface area contributed by atoms with Gasteiger partial charge in [0.25, 0.3) is 0 Å². The van der Waals surface area contributed by atoms with Crippen molar-refractivity contribution in [2.24, 2.45) is 0 Å². The van der Waals surface area contributed by atoms with Crippen LogP contribution >= 0.6 is 22.9 Å². The smallest absolute Gasteiger partial charge is 0.138 e. The number of hydrogen-bond donors (Lipinski definition) is 1. The number of aryl methyl sites for hydroxylation is 1. The van der Waals surface area contributed by atoms with Gasteiger partial charge in [0, 0.05) is 13.1 Å². The molecule has 1 aliphatic heterocycles. The van der Waals surface area contributed by atoms with Crippen LogP contribution in [0.2, 0.25) is 5.02 Å². The highest BCUT2D eigenvalue weighted by atomic mass is 35.5. The van der Waals surface area contributed by atoms with Crippen molar-refractivity contribution >= 4 is 22.9 Å². The third kappa shape index (κ3) is 4.73. The Bertz CT molecular complexity index is 661. The lowest BCUT2D eigenvalue weighted by Crippen LogP contribution is -2.37. The van der Waals surface area contributed by atoms with E-state index in [1.807, 2.05) is 25.1 Å². The SMILES string of the molecule is Cc1ccc(Cl)c(OCC2(O)CCCN(Cc3ccsc3)CC2)c1. The number of thiophene rings is 1. The molecule has 1 aromatic heterocycles. The van der Waals surface area contributed by atoms with Crippen molar-refractivity contribution in [2.75, 3.05) is 19.7 Å². The first-order chi connectivity index (χ1) is 11.5. The van der Waals surface area contributed by atoms with Gasteiger partial charge in [-0.25, -0.2) is 0 Å². The number of halogens is 1. The summed E-state index contributed by atoms with van der Waals surface area (Å²) >= 11 is 7.91. The summed E-state index contributed by atoms with van der Waals surface area (Å²) in [5, 5.41) is 15.8. The lowest BCUT2D eigenvalue weighted by atomic mass is 9.96. The summed E-state index contributed by atoms with van der Waals surface area (Å²) in [4.78, 5) is 2.42. The topological polar surface area (TPSA) is 32.7 Å². The molecule has 0 amide bonds. The van der Waals surface area contributed by atoms with Gasteiger partial charge in [-0.1, -0.05) is 17.7 Å². The van der Waals surface area contributed by atoms with Gasteiger partial charge in [0.2, 0.25) is 0 Å². The molecule has 1 N–H and O–H groups in total. The molecule has 3 rings (SSSR count). The lowest BCUT2D eigenvalue weighted by Gasteiger charge is -2.27. The number of benzene rings is 1. The summed E-state index contributed by atoms with van der Waals surface area (Å²) in [5.41, 5.74) is 1.67. The van der Waals surface area contributed by atoms with Crippen LogP contribution in [-0.2, 0) is 6.54 Å². The summed E-state index contributed by atoms with van der Waals surface area (Å²) in [6.45, 7) is 5.17. The molecule has 3 nitrogen and oxygen atoms in total. The van der Waals surface area contributed by atoms with E-state index in [0.717, 1.165) is 44.5 Å². The number of hydrogen-bond acceptors (Lipinski definition) is 4. The van der Waals surface area contributed by atoms with E-state index in [4.69, 9.17) is 16.3 Å². The molecule has 1 aromatic carbocycles. The number of rotatable bonds is 5. The molecule has 24 heavy (non-hydrogen) atoms. The van der Waals surface area contributed by atoms with Gasteiger partial charge in [-0.05, 0) is 72.8 Å². The Morgan fingerprint density at radius 3 is 2.96 bits per heavy atom. The first-order valence-electron chi connectivity index (χ1n) is 8.39. The highest BCUT2D eigenvalue weighted by Gasteiger charge is 2.31. The summed E-state index contributed by atoms with van der Waals surface area (Å²) in [6, 6.07) is 7.89. The minimum absolute atomic E-state index is 0.294. The minimum atomic E-state index is -0.781. The maximum atomic E-state index is 10.9. The number of likely N-dealkylation sites (tertiary alicyclic amines) is 1. The molecule has 0 spiro atoms. The fourth-order valence-corrected chi connectivity index (χ4v) is 3.94. The Labute approximate surface area is 152 Å². The van der Waals surface area contributed by atoms with Crippen molar-refractivity contribution in [3.05, 3.63) is 51.2 Å². The fourth-order valence-electron chi connectivity index (χ4n) is 3.11. The Kier molecular flexibility index (Phi) is 5.82. The van der Waals surface area contributed by atoms with Gasteiger partial charge in [-0.3, -0.25) is 4.90 Å². The zero-order valence-electron chi connectivity index (χ0n) is 14.0. The summed E-state index contributed by atoms with van der Waals surface area (Å²) < 4.78 is 5.86. The maximum Gasteiger partial charge on any atom is 0.138 e. The molecular formula is C19H24ClNO2S. The van der Waals surface area contributed by atoms with Crippen molar-refractivity contribution in [2.45, 2.75) is 38.3 Å². The molecule has 0 radical (unpaired) electrons. The Morgan fingerprint density at radius 1 is 1.29 bits per heavy atom. The van der Waals surface area contributed by atoms with Crippen molar-refractivity contribution in [3.8, 4) is 5.75 Å². The number of nitrogens with zero attached hydrogens (tertiary/aromatic N) is 1. The van der Waals surface area contributed by atoms with Gasteiger partial charge < -0.3 is 9.84 Å². The molecule has 1 unspecified atom stereocenters. The molecule has 0 aliphatic carbocycles. The van der Waals surface area contributed by atoms with E-state index in [-0.39, 0.29) is 0 Å². The lowest BCUT2D eigenvalue weighted by molar-refractivity contribution is -0.0168. The standard InChI is InChI=1S/C19H24ClNO2S/c1-15-3-4-17(20)18(11-15)23-14-19(22)6-2-8-21(9-7-19)12-16-5-10-24-13-16/h3-5,10-11,13,22H,2,6-9,12,14H2,1H3. The van der Waals surface area contributed by atoms with E-state index >= 15 is 0 Å². The van der Waals surface area contributed by atoms with E-state index in [1.54, 1.807) is 11.3 Å². The van der Waals surface area contributed by atoms with E-state index in [0.29, 0.717) is 17.4 Å². The zero-order chi connectivity index (χ0) is 17.0. The Morgan fingerprint density at radius 2 is 2.17 bits per heavy atom. The van der Waals surface area contributed by atoms with Crippen LogP contribution in [-0.4, -0.2) is 35.3 Å². The molecule has 0 saturated carbocycles. The van der Waals surface area contributed by atoms with E-state index in [1.165, 1.54) is 5.56 Å². The molecule has 1 aliphatic rings. The van der Waals surface area contributed by atoms with Crippen LogP contribution in [0.25, 0.3) is 0 Å². The molecule has 2 aromatic rings. The molecule has 130 valence electrons. The van der Waals surface area contributed by atoms with Crippen LogP contribution in [0.5, 0.6) is 5.75 Å². The van der Waals surface area contributed by atoms with E-state index in [9.17, 15) is 5.11 Å². The highest BCUT2D eigenvalue weighted by Crippen LogP contribution is 2.29. The van der Waals surface area contributed by atoms with Crippen molar-refractivity contribution in [1.82, 2.24) is 4.90 Å². The van der Waals surface area contributed by atoms with Crippen molar-refractivity contribution in [3.63, 3.8) is 0 Å². The summed E-state index contributed by atoms with van der Waals surface area (Å²) in [7, 11) is 0. The van der Waals surface area contributed by atoms with Crippen molar-refractivity contribution < 1.29 is 9.84 Å². The maximum absolute atomic E-state index is 10.9. The van der Waals surface area contributed by atoms with Gasteiger partial charge >= 0.3 is 0 Å². The van der Waals surface area contributed by atoms with Gasteiger partial charge in [0.15, 0.2) is 0 Å². The fraction of sp³-hybridized carbons (Fsp3) is 0.474. The molecule has 0 bridgehead atoms. The third-order valence-corrected chi connectivity index (χ3v) is 5.62. The van der Waals surface area contributed by atoms with Crippen LogP contribution < -0.4 is 4.74 Å². The average Bonchev–Trinajstić information content (AvgIpc) is 2.99. The van der Waals surface area contributed by atoms with Crippen LogP contribution in [0, 0.1) is 6.92 Å². The second kappa shape index (κ2) is 7.87. The molecule has 1 fully saturated rings. The predicted molar refractivity (Wildman–Crippen MR) is 100 cm³/mol. The zero-order valence-corrected chi connectivity index (χ0v) is 15.6. The number of ether oxygens (including phenoxy) is 1. The van der Waals surface area contributed by atoms with Gasteiger partial charge in [-0.2, -0.15) is 11.3 Å². The quantitative estimate of drug-likeness (QED) is 0.846. The molecule has 2 heterocycles. The van der Waals surface area contributed by atoms with Gasteiger partial charge in [0.1, 0.15) is 12.4 Å². The molecule has 1 saturated heterocycles. The second-order valence-corrected chi connectivity index (χ2v) is 7.90. The number of aliphatic hydroxyl groups is 1. The van der Waals surface area contributed by atoms with Crippen LogP contribution in [0.4, 0.5) is 0 Å². The summed E-state index contributed by atoms with van der Waals surface area (Å²) in [6.07, 6.45) is 2.46. The van der Waals surface area contributed by atoms with Crippen molar-refractivity contribution in [1.29, 1.82) is 0 Å². The third-order valence-electron chi connectivity index (χ3n) is 4.58. The van der Waals surface area contributed by atoms with E-state index in [2.05, 4.69) is 21.7 Å². The van der Waals surface area contributed by atoms with E-state index < -0.39 is 5.60 Å². The molecular weight excluding hydrogens is 342 g/mol.